The first kappa shape index (κ1) is 14.4. The van der Waals surface area contributed by atoms with E-state index in [-0.39, 0.29) is 12.4 Å². The molecule has 18 heavy (non-hydrogen) atoms. The van der Waals surface area contributed by atoms with E-state index in [1.54, 1.807) is 7.11 Å². The molecule has 0 aliphatic carbocycles. The summed E-state index contributed by atoms with van der Waals surface area (Å²) in [4.78, 5) is 8.53. The molecule has 0 fully saturated rings. The Labute approximate surface area is 113 Å². The normalized spacial score (nSPS) is 9.67. The summed E-state index contributed by atoms with van der Waals surface area (Å²) in [7, 11) is 1.65. The molecule has 0 aliphatic rings. The third-order valence-corrected chi connectivity index (χ3v) is 2.50. The number of nitrogens with two attached hydrogens (primary N) is 1. The van der Waals surface area contributed by atoms with Crippen LogP contribution in [0.25, 0.3) is 11.1 Å². The summed E-state index contributed by atoms with van der Waals surface area (Å²) < 4.78 is 5.11. The van der Waals surface area contributed by atoms with Crippen molar-refractivity contribution in [2.45, 2.75) is 6.42 Å². The number of hydrogen-bond donors (Lipinski definition) is 1. The van der Waals surface area contributed by atoms with E-state index in [0.29, 0.717) is 13.0 Å². The summed E-state index contributed by atoms with van der Waals surface area (Å²) in [6.45, 7) is 0.571. The summed E-state index contributed by atoms with van der Waals surface area (Å²) in [5.41, 5.74) is 7.52. The molecule has 1 aromatic carbocycles. The molecular weight excluding hydrogens is 250 g/mol. The van der Waals surface area contributed by atoms with Crippen molar-refractivity contribution >= 4 is 12.4 Å². The topological polar surface area (TPSA) is 61.0 Å². The van der Waals surface area contributed by atoms with Crippen LogP contribution in [-0.2, 0) is 6.42 Å². The third kappa shape index (κ3) is 3.42. The molecule has 0 saturated heterocycles. The van der Waals surface area contributed by atoms with E-state index < -0.39 is 0 Å². The standard InChI is InChI=1S/C13H15N3O.ClH/c1-17-12-4-2-10(3-5-12)11-8-15-13(6-7-14)16-9-11;/h2-5,8-9H,6-7,14H2,1H3;1H. The first-order valence-corrected chi connectivity index (χ1v) is 5.49. The molecule has 0 spiro atoms. The zero-order chi connectivity index (χ0) is 12.1. The Bertz CT molecular complexity index is 471. The number of nitrogens with zero attached hydrogens (tertiary/aromatic N) is 2. The number of ether oxygens (including phenoxy) is 1. The Hall–Kier alpha value is -1.65. The monoisotopic (exact) mass is 265 g/mol. The molecule has 0 amide bonds. The van der Waals surface area contributed by atoms with Crippen LogP contribution < -0.4 is 10.5 Å². The highest BCUT2D eigenvalue weighted by atomic mass is 35.5. The zero-order valence-electron chi connectivity index (χ0n) is 10.2. The lowest BCUT2D eigenvalue weighted by Crippen LogP contribution is -2.06. The van der Waals surface area contributed by atoms with Gasteiger partial charge in [0.15, 0.2) is 0 Å². The minimum absolute atomic E-state index is 0. The van der Waals surface area contributed by atoms with E-state index >= 15 is 0 Å². The Morgan fingerprint density at radius 2 is 1.67 bits per heavy atom. The fourth-order valence-electron chi connectivity index (χ4n) is 1.55. The van der Waals surface area contributed by atoms with Crippen LogP contribution >= 0.6 is 12.4 Å². The highest BCUT2D eigenvalue weighted by molar-refractivity contribution is 5.85. The summed E-state index contributed by atoms with van der Waals surface area (Å²) in [5, 5.41) is 0. The fraction of sp³-hybridized carbons (Fsp3) is 0.231. The van der Waals surface area contributed by atoms with Gasteiger partial charge in [0.05, 0.1) is 7.11 Å². The number of benzene rings is 1. The van der Waals surface area contributed by atoms with Gasteiger partial charge in [-0.1, -0.05) is 12.1 Å². The Kier molecular flexibility index (Phi) is 5.55. The molecule has 0 saturated carbocycles. The quantitative estimate of drug-likeness (QED) is 0.919. The lowest BCUT2D eigenvalue weighted by molar-refractivity contribution is 0.415. The average Bonchev–Trinajstić information content (AvgIpc) is 2.40. The maximum Gasteiger partial charge on any atom is 0.129 e. The van der Waals surface area contributed by atoms with Crippen LogP contribution in [-0.4, -0.2) is 23.6 Å². The van der Waals surface area contributed by atoms with Gasteiger partial charge in [0.1, 0.15) is 11.6 Å². The number of methoxy groups -OCH3 is 1. The van der Waals surface area contributed by atoms with Crippen molar-refractivity contribution in [1.29, 1.82) is 0 Å². The van der Waals surface area contributed by atoms with Gasteiger partial charge in [0.2, 0.25) is 0 Å². The van der Waals surface area contributed by atoms with Gasteiger partial charge in [-0.05, 0) is 24.2 Å². The van der Waals surface area contributed by atoms with Gasteiger partial charge in [-0.15, -0.1) is 12.4 Å². The molecule has 5 heteroatoms. The van der Waals surface area contributed by atoms with Gasteiger partial charge < -0.3 is 10.5 Å². The molecule has 2 rings (SSSR count). The number of aromatic nitrogens is 2. The van der Waals surface area contributed by atoms with Gasteiger partial charge in [-0.2, -0.15) is 0 Å². The maximum absolute atomic E-state index is 5.45. The van der Waals surface area contributed by atoms with Crippen molar-refractivity contribution in [3.63, 3.8) is 0 Å². The van der Waals surface area contributed by atoms with E-state index in [9.17, 15) is 0 Å². The SMILES string of the molecule is COc1ccc(-c2cnc(CCN)nc2)cc1.Cl. The van der Waals surface area contributed by atoms with Crippen molar-refractivity contribution in [1.82, 2.24) is 9.97 Å². The summed E-state index contributed by atoms with van der Waals surface area (Å²) in [6.07, 6.45) is 4.35. The van der Waals surface area contributed by atoms with Gasteiger partial charge in [0.25, 0.3) is 0 Å². The average molecular weight is 266 g/mol. The van der Waals surface area contributed by atoms with Crippen molar-refractivity contribution in [3.05, 3.63) is 42.5 Å². The van der Waals surface area contributed by atoms with Crippen molar-refractivity contribution < 1.29 is 4.74 Å². The first-order chi connectivity index (χ1) is 8.33. The summed E-state index contributed by atoms with van der Waals surface area (Å²) >= 11 is 0. The lowest BCUT2D eigenvalue weighted by Gasteiger charge is -2.04. The Balaban J connectivity index is 0.00000162. The molecule has 4 nitrogen and oxygen atoms in total. The molecule has 1 heterocycles. The molecule has 1 aromatic heterocycles. The van der Waals surface area contributed by atoms with E-state index in [2.05, 4.69) is 9.97 Å². The molecule has 96 valence electrons. The molecule has 0 unspecified atom stereocenters. The second-order valence-corrected chi connectivity index (χ2v) is 3.66. The lowest BCUT2D eigenvalue weighted by atomic mass is 10.1. The van der Waals surface area contributed by atoms with Crippen LogP contribution in [0.2, 0.25) is 0 Å². The molecule has 0 aliphatic heterocycles. The van der Waals surface area contributed by atoms with E-state index in [1.807, 2.05) is 36.7 Å². The third-order valence-electron chi connectivity index (χ3n) is 2.50. The summed E-state index contributed by atoms with van der Waals surface area (Å²) in [6, 6.07) is 7.81. The zero-order valence-corrected chi connectivity index (χ0v) is 11.0. The van der Waals surface area contributed by atoms with Crippen LogP contribution in [0.15, 0.2) is 36.7 Å². The van der Waals surface area contributed by atoms with Crippen molar-refractivity contribution in [2.75, 3.05) is 13.7 Å². The molecule has 2 N–H and O–H groups in total. The highest BCUT2D eigenvalue weighted by Crippen LogP contribution is 2.20. The number of hydrogen-bond acceptors (Lipinski definition) is 4. The highest BCUT2D eigenvalue weighted by Gasteiger charge is 2.00. The van der Waals surface area contributed by atoms with Gasteiger partial charge >= 0.3 is 0 Å². The van der Waals surface area contributed by atoms with E-state index in [4.69, 9.17) is 10.5 Å². The van der Waals surface area contributed by atoms with E-state index in [0.717, 1.165) is 22.7 Å². The second-order valence-electron chi connectivity index (χ2n) is 3.66. The Morgan fingerprint density at radius 1 is 1.06 bits per heavy atom. The van der Waals surface area contributed by atoms with Crippen LogP contribution in [0.5, 0.6) is 5.75 Å². The maximum atomic E-state index is 5.45. The minimum atomic E-state index is 0. The number of rotatable bonds is 4. The minimum Gasteiger partial charge on any atom is -0.497 e. The predicted molar refractivity (Wildman–Crippen MR) is 74.0 cm³/mol. The Morgan fingerprint density at radius 3 is 2.17 bits per heavy atom. The van der Waals surface area contributed by atoms with Gasteiger partial charge in [-0.25, -0.2) is 9.97 Å². The van der Waals surface area contributed by atoms with Crippen molar-refractivity contribution in [3.8, 4) is 16.9 Å². The second kappa shape index (κ2) is 6.93. The molecule has 0 atom stereocenters. The fourth-order valence-corrected chi connectivity index (χ4v) is 1.55. The van der Waals surface area contributed by atoms with Crippen molar-refractivity contribution in [2.24, 2.45) is 5.73 Å². The van der Waals surface area contributed by atoms with Crippen LogP contribution in [0.3, 0.4) is 0 Å². The smallest absolute Gasteiger partial charge is 0.129 e. The molecular formula is C13H16ClN3O. The van der Waals surface area contributed by atoms with E-state index in [1.165, 1.54) is 0 Å². The van der Waals surface area contributed by atoms with Gasteiger partial charge in [0, 0.05) is 24.4 Å². The van der Waals surface area contributed by atoms with Crippen LogP contribution in [0.4, 0.5) is 0 Å². The predicted octanol–water partition coefficient (Wildman–Crippen LogP) is 2.08. The molecule has 0 bridgehead atoms. The largest absolute Gasteiger partial charge is 0.497 e. The molecule has 0 radical (unpaired) electrons. The first-order valence-electron chi connectivity index (χ1n) is 5.49. The summed E-state index contributed by atoms with van der Waals surface area (Å²) in [5.74, 6) is 1.62. The van der Waals surface area contributed by atoms with Crippen LogP contribution in [0.1, 0.15) is 5.82 Å². The molecule has 2 aromatic rings. The number of halogens is 1. The van der Waals surface area contributed by atoms with Gasteiger partial charge in [-0.3, -0.25) is 0 Å². The van der Waals surface area contributed by atoms with Crippen LogP contribution in [0, 0.1) is 0 Å².